The molecule has 0 aliphatic heterocycles. The molecule has 2 heteroatoms. The van der Waals surface area contributed by atoms with Crippen LogP contribution in [0.5, 0.6) is 0 Å². The first-order valence-corrected chi connectivity index (χ1v) is 4.79. The zero-order valence-electron chi connectivity index (χ0n) is 8.98. The van der Waals surface area contributed by atoms with E-state index < -0.39 is 0 Å². The van der Waals surface area contributed by atoms with Gasteiger partial charge in [0.1, 0.15) is 0 Å². The van der Waals surface area contributed by atoms with Crippen LogP contribution in [0.1, 0.15) is 40.5 Å². The van der Waals surface area contributed by atoms with Crippen molar-refractivity contribution in [3.8, 4) is 0 Å². The fourth-order valence-electron chi connectivity index (χ4n) is 1.29. The zero-order valence-corrected chi connectivity index (χ0v) is 8.98. The molecule has 1 rings (SSSR count). The van der Waals surface area contributed by atoms with Crippen molar-refractivity contribution >= 4 is 5.91 Å². The summed E-state index contributed by atoms with van der Waals surface area (Å²) in [5.74, 6) is -0.304. The van der Waals surface area contributed by atoms with E-state index in [1.807, 2.05) is 33.8 Å². The molecule has 0 bridgehead atoms. The first-order chi connectivity index (χ1) is 6.13. The Balaban J connectivity index is 0.000000671. The molecular weight excluding hydrogens is 162 g/mol. The van der Waals surface area contributed by atoms with Crippen LogP contribution in [-0.2, 0) is 4.79 Å². The van der Waals surface area contributed by atoms with E-state index in [2.05, 4.69) is 0 Å². The molecular formula is C11H19NO. The Morgan fingerprint density at radius 2 is 1.92 bits per heavy atom. The van der Waals surface area contributed by atoms with Gasteiger partial charge in [-0.3, -0.25) is 4.79 Å². The minimum atomic E-state index is -0.304. The second-order valence-corrected chi connectivity index (χ2v) is 2.93. The Bertz CT molecular complexity index is 249. The maximum Gasteiger partial charge on any atom is 0.248 e. The topological polar surface area (TPSA) is 43.1 Å². The molecule has 0 aromatic heterocycles. The Kier molecular flexibility index (Phi) is 5.12. The van der Waals surface area contributed by atoms with Gasteiger partial charge in [0, 0.05) is 5.57 Å². The minimum absolute atomic E-state index is 0.304. The number of primary amides is 1. The highest BCUT2D eigenvalue weighted by atomic mass is 16.1. The number of hydrogen-bond donors (Lipinski definition) is 1. The average molecular weight is 181 g/mol. The van der Waals surface area contributed by atoms with Crippen LogP contribution in [0.3, 0.4) is 0 Å². The number of carbonyl (C=O) groups is 1. The third-order valence-electron chi connectivity index (χ3n) is 2.18. The number of allylic oxidation sites excluding steroid dienone is 2. The Morgan fingerprint density at radius 1 is 1.38 bits per heavy atom. The summed E-state index contributed by atoms with van der Waals surface area (Å²) in [4.78, 5) is 10.8. The van der Waals surface area contributed by atoms with Gasteiger partial charge in [0.15, 0.2) is 0 Å². The highest BCUT2D eigenvalue weighted by molar-refractivity contribution is 5.96. The number of amides is 1. The summed E-state index contributed by atoms with van der Waals surface area (Å²) < 4.78 is 0. The van der Waals surface area contributed by atoms with E-state index in [1.54, 1.807) is 0 Å². The molecule has 0 unspecified atom stereocenters. The van der Waals surface area contributed by atoms with Gasteiger partial charge >= 0.3 is 0 Å². The molecule has 74 valence electrons. The summed E-state index contributed by atoms with van der Waals surface area (Å²) in [7, 11) is 0. The first kappa shape index (κ1) is 11.9. The Labute approximate surface area is 80.5 Å². The number of hydrogen-bond acceptors (Lipinski definition) is 1. The van der Waals surface area contributed by atoms with Gasteiger partial charge < -0.3 is 5.73 Å². The molecule has 0 radical (unpaired) electrons. The first-order valence-electron chi connectivity index (χ1n) is 4.79. The molecule has 0 spiro atoms. The van der Waals surface area contributed by atoms with Gasteiger partial charge in [-0.05, 0) is 32.3 Å². The van der Waals surface area contributed by atoms with Crippen molar-refractivity contribution < 1.29 is 4.79 Å². The van der Waals surface area contributed by atoms with Crippen molar-refractivity contribution in [1.82, 2.24) is 0 Å². The zero-order chi connectivity index (χ0) is 10.4. The van der Waals surface area contributed by atoms with E-state index in [4.69, 9.17) is 5.73 Å². The van der Waals surface area contributed by atoms with Gasteiger partial charge in [-0.1, -0.05) is 25.5 Å². The molecule has 0 heterocycles. The molecule has 13 heavy (non-hydrogen) atoms. The van der Waals surface area contributed by atoms with Crippen LogP contribution in [0.4, 0.5) is 0 Å². The van der Waals surface area contributed by atoms with E-state index in [1.165, 1.54) is 5.57 Å². The van der Waals surface area contributed by atoms with Crippen molar-refractivity contribution in [2.24, 2.45) is 5.73 Å². The smallest absolute Gasteiger partial charge is 0.248 e. The molecule has 1 aliphatic rings. The van der Waals surface area contributed by atoms with Crippen LogP contribution < -0.4 is 5.73 Å². The fraction of sp³-hybridized carbons (Fsp3) is 0.545. The van der Waals surface area contributed by atoms with Crippen molar-refractivity contribution in [1.29, 1.82) is 0 Å². The van der Waals surface area contributed by atoms with Crippen molar-refractivity contribution in [2.45, 2.75) is 40.5 Å². The van der Waals surface area contributed by atoms with Crippen LogP contribution in [0.2, 0.25) is 0 Å². The Morgan fingerprint density at radius 3 is 2.31 bits per heavy atom. The number of carbonyl (C=O) groups excluding carboxylic acids is 1. The van der Waals surface area contributed by atoms with Crippen molar-refractivity contribution in [3.63, 3.8) is 0 Å². The molecule has 1 amide bonds. The van der Waals surface area contributed by atoms with Crippen LogP contribution >= 0.6 is 0 Å². The van der Waals surface area contributed by atoms with Crippen LogP contribution in [-0.4, -0.2) is 5.91 Å². The van der Waals surface area contributed by atoms with Gasteiger partial charge in [0.05, 0.1) is 0 Å². The van der Waals surface area contributed by atoms with Gasteiger partial charge in [-0.2, -0.15) is 0 Å². The summed E-state index contributed by atoms with van der Waals surface area (Å²) >= 11 is 0. The monoisotopic (exact) mass is 181 g/mol. The average Bonchev–Trinajstić information content (AvgIpc) is 2.13. The lowest BCUT2D eigenvalue weighted by Crippen LogP contribution is -2.16. The number of nitrogens with two attached hydrogens (primary N) is 1. The van der Waals surface area contributed by atoms with E-state index in [9.17, 15) is 4.79 Å². The maximum atomic E-state index is 10.8. The maximum absolute atomic E-state index is 10.8. The Hall–Kier alpha value is -1.05. The highest BCUT2D eigenvalue weighted by Gasteiger charge is 2.12. The second kappa shape index (κ2) is 5.57. The molecule has 0 fully saturated rings. The van der Waals surface area contributed by atoms with Crippen LogP contribution in [0, 0.1) is 0 Å². The molecule has 2 nitrogen and oxygen atoms in total. The molecule has 0 atom stereocenters. The van der Waals surface area contributed by atoms with Crippen LogP contribution in [0.15, 0.2) is 22.8 Å². The molecule has 0 aromatic carbocycles. The quantitative estimate of drug-likeness (QED) is 0.663. The molecule has 0 aromatic rings. The summed E-state index contributed by atoms with van der Waals surface area (Å²) in [6.45, 7) is 8.00. The lowest BCUT2D eigenvalue weighted by molar-refractivity contribution is -0.114. The normalized spacial score (nSPS) is 15.8. The van der Waals surface area contributed by atoms with Crippen molar-refractivity contribution in [3.05, 3.63) is 22.8 Å². The van der Waals surface area contributed by atoms with E-state index in [-0.39, 0.29) is 5.91 Å². The summed E-state index contributed by atoms with van der Waals surface area (Å²) in [6.07, 6.45) is 3.93. The predicted molar refractivity (Wildman–Crippen MR) is 56.2 cm³/mol. The van der Waals surface area contributed by atoms with E-state index >= 15 is 0 Å². The standard InChI is InChI=1S/C9H13NO.C2H6/c1-6-4-3-5-8(7(6)2)9(10)11;1-2/h5H,3-4H2,1-2H3,(H2,10,11);1-2H3. The van der Waals surface area contributed by atoms with Gasteiger partial charge in [0.2, 0.25) is 5.91 Å². The summed E-state index contributed by atoms with van der Waals surface area (Å²) in [6, 6.07) is 0. The van der Waals surface area contributed by atoms with Gasteiger partial charge in [-0.25, -0.2) is 0 Å². The SMILES string of the molecule is CC.CC1=C(C)C(C(N)=O)=CCC1. The van der Waals surface area contributed by atoms with Gasteiger partial charge in [-0.15, -0.1) is 0 Å². The summed E-state index contributed by atoms with van der Waals surface area (Å²) in [5.41, 5.74) is 8.22. The molecule has 0 saturated carbocycles. The minimum Gasteiger partial charge on any atom is -0.366 e. The number of rotatable bonds is 1. The largest absolute Gasteiger partial charge is 0.366 e. The fourth-order valence-corrected chi connectivity index (χ4v) is 1.29. The van der Waals surface area contributed by atoms with Gasteiger partial charge in [0.25, 0.3) is 0 Å². The molecule has 2 N–H and O–H groups in total. The lowest BCUT2D eigenvalue weighted by atomic mass is 9.93. The third-order valence-corrected chi connectivity index (χ3v) is 2.18. The van der Waals surface area contributed by atoms with E-state index in [0.717, 1.165) is 18.4 Å². The van der Waals surface area contributed by atoms with Crippen molar-refractivity contribution in [2.75, 3.05) is 0 Å². The second-order valence-electron chi connectivity index (χ2n) is 2.93. The summed E-state index contributed by atoms with van der Waals surface area (Å²) in [5, 5.41) is 0. The van der Waals surface area contributed by atoms with E-state index in [0.29, 0.717) is 5.57 Å². The lowest BCUT2D eigenvalue weighted by Gasteiger charge is -2.13. The molecule has 0 saturated heterocycles. The molecule has 1 aliphatic carbocycles. The van der Waals surface area contributed by atoms with Crippen LogP contribution in [0.25, 0.3) is 0 Å². The third kappa shape index (κ3) is 3.05. The highest BCUT2D eigenvalue weighted by Crippen LogP contribution is 2.23. The predicted octanol–water partition coefficient (Wildman–Crippen LogP) is 2.55.